The summed E-state index contributed by atoms with van der Waals surface area (Å²) in [5.41, 5.74) is 1.80. The molecule has 0 fully saturated rings. The van der Waals surface area contributed by atoms with Crippen LogP contribution in [0, 0.1) is 6.92 Å². The lowest BCUT2D eigenvalue weighted by Gasteiger charge is -2.21. The van der Waals surface area contributed by atoms with Crippen LogP contribution in [0.1, 0.15) is 10.7 Å². The number of aliphatic carboxylic acids is 1. The number of thiazole rings is 1. The smallest absolute Gasteiger partial charge is 0.323 e. The number of aryl methyl sites for hydroxylation is 1. The Kier molecular flexibility index (Phi) is 3.94. The van der Waals surface area contributed by atoms with Crippen molar-refractivity contribution in [1.82, 2.24) is 4.98 Å². The first kappa shape index (κ1) is 12.6. The van der Waals surface area contributed by atoms with Crippen LogP contribution < -0.4 is 4.90 Å². The minimum absolute atomic E-state index is 0.0272. The number of benzene rings is 1. The fourth-order valence-electron chi connectivity index (χ4n) is 1.72. The van der Waals surface area contributed by atoms with Gasteiger partial charge in [-0.15, -0.1) is 11.3 Å². The van der Waals surface area contributed by atoms with Crippen molar-refractivity contribution in [3.8, 4) is 0 Å². The highest BCUT2D eigenvalue weighted by atomic mass is 32.1. The van der Waals surface area contributed by atoms with E-state index in [1.807, 2.05) is 42.6 Å². The summed E-state index contributed by atoms with van der Waals surface area (Å²) in [6.45, 7) is 2.43. The molecule has 1 heterocycles. The predicted octanol–water partition coefficient (Wildman–Crippen LogP) is 2.54. The topological polar surface area (TPSA) is 53.4 Å². The molecule has 0 saturated heterocycles. The second kappa shape index (κ2) is 5.64. The van der Waals surface area contributed by atoms with E-state index in [0.717, 1.165) is 16.4 Å². The number of nitrogens with zero attached hydrogens (tertiary/aromatic N) is 2. The standard InChI is InChI=1S/C13H14N2O2S/c1-10-14-11(9-18-10)7-15(8-13(16)17)12-5-3-2-4-6-12/h2-6,9H,7-8H2,1H3,(H,16,17). The molecule has 18 heavy (non-hydrogen) atoms. The second-order valence-corrected chi connectivity index (χ2v) is 5.01. The van der Waals surface area contributed by atoms with Crippen LogP contribution in [-0.4, -0.2) is 22.6 Å². The molecule has 0 amide bonds. The van der Waals surface area contributed by atoms with Crippen molar-refractivity contribution in [2.24, 2.45) is 0 Å². The van der Waals surface area contributed by atoms with E-state index >= 15 is 0 Å². The van der Waals surface area contributed by atoms with Crippen LogP contribution in [0.2, 0.25) is 0 Å². The fourth-order valence-corrected chi connectivity index (χ4v) is 2.32. The Labute approximate surface area is 110 Å². The van der Waals surface area contributed by atoms with Gasteiger partial charge in [-0.05, 0) is 19.1 Å². The Morgan fingerprint density at radius 2 is 2.11 bits per heavy atom. The van der Waals surface area contributed by atoms with Crippen LogP contribution in [0.3, 0.4) is 0 Å². The van der Waals surface area contributed by atoms with E-state index in [1.54, 1.807) is 16.2 Å². The first-order valence-electron chi connectivity index (χ1n) is 5.58. The first-order chi connectivity index (χ1) is 8.65. The molecule has 1 aromatic carbocycles. The summed E-state index contributed by atoms with van der Waals surface area (Å²) >= 11 is 1.58. The van der Waals surface area contributed by atoms with E-state index in [4.69, 9.17) is 5.11 Å². The number of hydrogen-bond acceptors (Lipinski definition) is 4. The molecule has 0 unspecified atom stereocenters. The highest BCUT2D eigenvalue weighted by Crippen LogP contribution is 2.17. The molecule has 5 heteroatoms. The van der Waals surface area contributed by atoms with E-state index in [9.17, 15) is 4.79 Å². The molecule has 94 valence electrons. The molecule has 0 radical (unpaired) electrons. The maximum Gasteiger partial charge on any atom is 0.323 e. The lowest BCUT2D eigenvalue weighted by atomic mass is 10.2. The summed E-state index contributed by atoms with van der Waals surface area (Å²) in [7, 11) is 0. The van der Waals surface area contributed by atoms with Crippen LogP contribution >= 0.6 is 11.3 Å². The average Bonchev–Trinajstić information content (AvgIpc) is 2.75. The minimum Gasteiger partial charge on any atom is -0.480 e. The molecule has 0 bridgehead atoms. The van der Waals surface area contributed by atoms with E-state index < -0.39 is 5.97 Å². The Morgan fingerprint density at radius 1 is 1.39 bits per heavy atom. The molecule has 0 aliphatic carbocycles. The van der Waals surface area contributed by atoms with Gasteiger partial charge in [0.2, 0.25) is 0 Å². The molecule has 2 rings (SSSR count). The number of carbonyl (C=O) groups is 1. The summed E-state index contributed by atoms with van der Waals surface area (Å²) in [6, 6.07) is 9.52. The number of carboxylic acid groups (broad SMARTS) is 1. The highest BCUT2D eigenvalue weighted by molar-refractivity contribution is 7.09. The molecule has 0 saturated carbocycles. The highest BCUT2D eigenvalue weighted by Gasteiger charge is 2.12. The summed E-state index contributed by atoms with van der Waals surface area (Å²) in [4.78, 5) is 17.1. The molecule has 1 N–H and O–H groups in total. The maximum absolute atomic E-state index is 10.9. The van der Waals surface area contributed by atoms with Crippen LogP contribution in [0.15, 0.2) is 35.7 Å². The van der Waals surface area contributed by atoms with Crippen molar-refractivity contribution >= 4 is 23.0 Å². The van der Waals surface area contributed by atoms with Gasteiger partial charge in [0.25, 0.3) is 0 Å². The quantitative estimate of drug-likeness (QED) is 0.899. The molecule has 2 aromatic rings. The van der Waals surface area contributed by atoms with Gasteiger partial charge in [-0.1, -0.05) is 18.2 Å². The van der Waals surface area contributed by atoms with E-state index in [1.165, 1.54) is 0 Å². The van der Waals surface area contributed by atoms with Crippen LogP contribution in [0.4, 0.5) is 5.69 Å². The minimum atomic E-state index is -0.842. The predicted molar refractivity (Wildman–Crippen MR) is 72.0 cm³/mol. The SMILES string of the molecule is Cc1nc(CN(CC(=O)O)c2ccccc2)cs1. The number of rotatable bonds is 5. The molecule has 0 atom stereocenters. The lowest BCUT2D eigenvalue weighted by Crippen LogP contribution is -2.29. The Balaban J connectivity index is 2.18. The van der Waals surface area contributed by atoms with Crippen molar-refractivity contribution in [3.63, 3.8) is 0 Å². The number of hydrogen-bond donors (Lipinski definition) is 1. The lowest BCUT2D eigenvalue weighted by molar-refractivity contribution is -0.135. The zero-order valence-corrected chi connectivity index (χ0v) is 10.9. The Hall–Kier alpha value is -1.88. The first-order valence-corrected chi connectivity index (χ1v) is 6.46. The van der Waals surface area contributed by atoms with Gasteiger partial charge in [0.15, 0.2) is 0 Å². The average molecular weight is 262 g/mol. The van der Waals surface area contributed by atoms with Crippen molar-refractivity contribution in [2.45, 2.75) is 13.5 Å². The number of anilines is 1. The second-order valence-electron chi connectivity index (χ2n) is 3.94. The Morgan fingerprint density at radius 3 is 2.67 bits per heavy atom. The molecule has 0 aliphatic heterocycles. The van der Waals surface area contributed by atoms with E-state index in [0.29, 0.717) is 6.54 Å². The molecule has 4 nitrogen and oxygen atoms in total. The molecule has 1 aromatic heterocycles. The summed E-state index contributed by atoms with van der Waals surface area (Å²) in [5, 5.41) is 11.9. The van der Waals surface area contributed by atoms with Crippen molar-refractivity contribution < 1.29 is 9.90 Å². The normalized spacial score (nSPS) is 10.3. The van der Waals surface area contributed by atoms with E-state index in [2.05, 4.69) is 4.98 Å². The van der Waals surface area contributed by atoms with Gasteiger partial charge in [-0.2, -0.15) is 0 Å². The number of carboxylic acids is 1. The van der Waals surface area contributed by atoms with Crippen molar-refractivity contribution in [3.05, 3.63) is 46.4 Å². The largest absolute Gasteiger partial charge is 0.480 e. The third kappa shape index (κ3) is 3.30. The molecule has 0 spiro atoms. The zero-order valence-electron chi connectivity index (χ0n) is 10.0. The van der Waals surface area contributed by atoms with Gasteiger partial charge < -0.3 is 10.0 Å². The zero-order chi connectivity index (χ0) is 13.0. The molecular formula is C13H14N2O2S. The van der Waals surface area contributed by atoms with Crippen molar-refractivity contribution in [2.75, 3.05) is 11.4 Å². The van der Waals surface area contributed by atoms with Crippen LogP contribution in [-0.2, 0) is 11.3 Å². The van der Waals surface area contributed by atoms with Crippen LogP contribution in [0.25, 0.3) is 0 Å². The number of para-hydroxylation sites is 1. The van der Waals surface area contributed by atoms with Gasteiger partial charge >= 0.3 is 5.97 Å². The van der Waals surface area contributed by atoms with Gasteiger partial charge in [0.1, 0.15) is 6.54 Å². The monoisotopic (exact) mass is 262 g/mol. The Bertz CT molecular complexity index is 525. The third-order valence-corrected chi connectivity index (χ3v) is 3.29. The van der Waals surface area contributed by atoms with Gasteiger partial charge in [0, 0.05) is 11.1 Å². The molecular weight excluding hydrogens is 248 g/mol. The summed E-state index contributed by atoms with van der Waals surface area (Å²) in [6.07, 6.45) is 0. The summed E-state index contributed by atoms with van der Waals surface area (Å²) < 4.78 is 0. The molecule has 0 aliphatic rings. The maximum atomic E-state index is 10.9. The number of aromatic nitrogens is 1. The van der Waals surface area contributed by atoms with E-state index in [-0.39, 0.29) is 6.54 Å². The third-order valence-electron chi connectivity index (χ3n) is 2.47. The van der Waals surface area contributed by atoms with Gasteiger partial charge in [-0.3, -0.25) is 4.79 Å². The van der Waals surface area contributed by atoms with Gasteiger partial charge in [0.05, 0.1) is 17.2 Å². The van der Waals surface area contributed by atoms with Gasteiger partial charge in [-0.25, -0.2) is 4.98 Å². The summed E-state index contributed by atoms with van der Waals surface area (Å²) in [5.74, 6) is -0.842. The fraction of sp³-hybridized carbons (Fsp3) is 0.231. The van der Waals surface area contributed by atoms with Crippen LogP contribution in [0.5, 0.6) is 0 Å². The van der Waals surface area contributed by atoms with Crippen molar-refractivity contribution in [1.29, 1.82) is 0 Å².